The van der Waals surface area contributed by atoms with E-state index in [4.69, 9.17) is 5.11 Å². The van der Waals surface area contributed by atoms with E-state index >= 15 is 0 Å². The standard InChI is InChI=1S/C17H21NO6/c1-17(2,3)11-7-6-10(15(20)21)8-12(11)18-13(16(22)24-5)9-14(19)23-4/h6-9,18H,1-5H3,(H,20,21)/b13-9+. The number of methoxy groups -OCH3 is 2. The van der Waals surface area contributed by atoms with E-state index in [9.17, 15) is 14.4 Å². The Hall–Kier alpha value is -2.83. The van der Waals surface area contributed by atoms with Gasteiger partial charge in [0.15, 0.2) is 0 Å². The molecule has 1 rings (SSSR count). The summed E-state index contributed by atoms with van der Waals surface area (Å²) in [6.45, 7) is 5.82. The van der Waals surface area contributed by atoms with Crippen molar-refractivity contribution in [3.8, 4) is 0 Å². The van der Waals surface area contributed by atoms with Crippen molar-refractivity contribution >= 4 is 23.6 Å². The zero-order chi connectivity index (χ0) is 18.5. The predicted molar refractivity (Wildman–Crippen MR) is 87.8 cm³/mol. The molecule has 7 heteroatoms. The van der Waals surface area contributed by atoms with Gasteiger partial charge in [0.1, 0.15) is 5.70 Å². The highest BCUT2D eigenvalue weighted by atomic mass is 16.5. The van der Waals surface area contributed by atoms with E-state index in [1.54, 1.807) is 6.07 Å². The molecule has 0 saturated heterocycles. The average Bonchev–Trinajstić information content (AvgIpc) is 2.51. The van der Waals surface area contributed by atoms with Gasteiger partial charge in [0, 0.05) is 5.69 Å². The Bertz CT molecular complexity index is 685. The lowest BCUT2D eigenvalue weighted by Crippen LogP contribution is -2.20. The number of carbonyl (C=O) groups is 3. The number of hydrogen-bond donors (Lipinski definition) is 2. The van der Waals surface area contributed by atoms with E-state index in [0.717, 1.165) is 11.6 Å². The van der Waals surface area contributed by atoms with Gasteiger partial charge in [0.05, 0.1) is 25.9 Å². The van der Waals surface area contributed by atoms with E-state index in [1.807, 2.05) is 20.8 Å². The summed E-state index contributed by atoms with van der Waals surface area (Å²) < 4.78 is 9.15. The number of carboxylic acids is 1. The molecule has 0 saturated carbocycles. The average molecular weight is 335 g/mol. The van der Waals surface area contributed by atoms with Crippen LogP contribution < -0.4 is 5.32 Å². The van der Waals surface area contributed by atoms with Crippen LogP contribution in [0, 0.1) is 0 Å². The summed E-state index contributed by atoms with van der Waals surface area (Å²) in [5, 5.41) is 12.0. The fourth-order valence-electron chi connectivity index (χ4n) is 2.01. The van der Waals surface area contributed by atoms with Crippen LogP contribution in [0.1, 0.15) is 36.7 Å². The molecule has 0 aliphatic carbocycles. The van der Waals surface area contributed by atoms with Crippen LogP contribution in [0.3, 0.4) is 0 Å². The number of carbonyl (C=O) groups excluding carboxylic acids is 2. The van der Waals surface area contributed by atoms with Crippen LogP contribution in [0.15, 0.2) is 30.0 Å². The fraction of sp³-hybridized carbons (Fsp3) is 0.353. The molecule has 0 atom stereocenters. The number of ether oxygens (including phenoxy) is 2. The third-order valence-electron chi connectivity index (χ3n) is 3.21. The molecule has 0 amide bonds. The number of rotatable bonds is 5. The molecule has 2 N–H and O–H groups in total. The molecule has 130 valence electrons. The lowest BCUT2D eigenvalue weighted by molar-refractivity contribution is -0.138. The highest BCUT2D eigenvalue weighted by molar-refractivity contribution is 5.99. The van der Waals surface area contributed by atoms with Gasteiger partial charge in [-0.15, -0.1) is 0 Å². The van der Waals surface area contributed by atoms with Crippen LogP contribution in [-0.2, 0) is 24.5 Å². The molecule has 0 radical (unpaired) electrons. The second-order valence-corrected chi connectivity index (χ2v) is 6.01. The predicted octanol–water partition coefficient (Wildman–Crippen LogP) is 2.32. The maximum absolute atomic E-state index is 11.9. The first kappa shape index (κ1) is 19.2. The molecule has 0 bridgehead atoms. The van der Waals surface area contributed by atoms with Crippen molar-refractivity contribution < 1.29 is 29.0 Å². The molecule has 0 aliphatic heterocycles. The molecule has 0 aromatic heterocycles. The van der Waals surface area contributed by atoms with Gasteiger partial charge in [-0.1, -0.05) is 26.8 Å². The maximum Gasteiger partial charge on any atom is 0.354 e. The Morgan fingerprint density at radius 3 is 2.21 bits per heavy atom. The second-order valence-electron chi connectivity index (χ2n) is 6.01. The van der Waals surface area contributed by atoms with Crippen LogP contribution in [-0.4, -0.2) is 37.2 Å². The summed E-state index contributed by atoms with van der Waals surface area (Å²) >= 11 is 0. The molecule has 0 spiro atoms. The van der Waals surface area contributed by atoms with Gasteiger partial charge >= 0.3 is 17.9 Å². The molecule has 1 aromatic carbocycles. The molecule has 0 fully saturated rings. The Morgan fingerprint density at radius 2 is 1.75 bits per heavy atom. The van der Waals surface area contributed by atoms with Crippen LogP contribution in [0.2, 0.25) is 0 Å². The summed E-state index contributed by atoms with van der Waals surface area (Å²) in [4.78, 5) is 34.5. The van der Waals surface area contributed by atoms with E-state index in [0.29, 0.717) is 5.69 Å². The maximum atomic E-state index is 11.9. The van der Waals surface area contributed by atoms with Crippen molar-refractivity contribution in [2.24, 2.45) is 0 Å². The first-order valence-corrected chi connectivity index (χ1v) is 7.13. The SMILES string of the molecule is COC(=O)/C=C(/Nc1cc(C(=O)O)ccc1C(C)(C)C)C(=O)OC. The van der Waals surface area contributed by atoms with Gasteiger partial charge in [0.25, 0.3) is 0 Å². The lowest BCUT2D eigenvalue weighted by atomic mass is 9.85. The number of hydrogen-bond acceptors (Lipinski definition) is 6. The number of aromatic carboxylic acids is 1. The smallest absolute Gasteiger partial charge is 0.354 e. The molecule has 0 aliphatic rings. The van der Waals surface area contributed by atoms with Crippen LogP contribution in [0.25, 0.3) is 0 Å². The number of anilines is 1. The quantitative estimate of drug-likeness (QED) is 0.629. The van der Waals surface area contributed by atoms with Crippen molar-refractivity contribution in [1.29, 1.82) is 0 Å². The largest absolute Gasteiger partial charge is 0.478 e. The van der Waals surface area contributed by atoms with Gasteiger partial charge in [-0.25, -0.2) is 14.4 Å². The minimum absolute atomic E-state index is 0.0489. The third-order valence-corrected chi connectivity index (χ3v) is 3.21. The molecular formula is C17H21NO6. The minimum atomic E-state index is -1.10. The fourth-order valence-corrected chi connectivity index (χ4v) is 2.01. The van der Waals surface area contributed by atoms with Crippen LogP contribution in [0.5, 0.6) is 0 Å². The van der Waals surface area contributed by atoms with E-state index in [-0.39, 0.29) is 16.7 Å². The highest BCUT2D eigenvalue weighted by Crippen LogP contribution is 2.31. The lowest BCUT2D eigenvalue weighted by Gasteiger charge is -2.24. The van der Waals surface area contributed by atoms with Gasteiger partial charge in [-0.2, -0.15) is 0 Å². The van der Waals surface area contributed by atoms with Crippen molar-refractivity contribution in [2.45, 2.75) is 26.2 Å². The van der Waals surface area contributed by atoms with Crippen LogP contribution >= 0.6 is 0 Å². The molecule has 0 unspecified atom stereocenters. The van der Waals surface area contributed by atoms with Gasteiger partial charge in [0.2, 0.25) is 0 Å². The Kier molecular flexibility index (Phi) is 6.11. The van der Waals surface area contributed by atoms with Crippen molar-refractivity contribution in [2.75, 3.05) is 19.5 Å². The Labute approximate surface area is 140 Å². The van der Waals surface area contributed by atoms with E-state index < -0.39 is 17.9 Å². The molecule has 7 nitrogen and oxygen atoms in total. The minimum Gasteiger partial charge on any atom is -0.478 e. The second kappa shape index (κ2) is 7.63. The van der Waals surface area contributed by atoms with Crippen molar-refractivity contribution in [1.82, 2.24) is 0 Å². The van der Waals surface area contributed by atoms with Gasteiger partial charge in [-0.05, 0) is 23.1 Å². The molecule has 1 aromatic rings. The zero-order valence-electron chi connectivity index (χ0n) is 14.3. The zero-order valence-corrected chi connectivity index (χ0v) is 14.3. The van der Waals surface area contributed by atoms with E-state index in [2.05, 4.69) is 14.8 Å². The number of nitrogens with one attached hydrogen (secondary N) is 1. The van der Waals surface area contributed by atoms with Gasteiger partial charge < -0.3 is 19.9 Å². The third kappa shape index (κ3) is 4.84. The first-order chi connectivity index (χ1) is 11.1. The summed E-state index contributed by atoms with van der Waals surface area (Å²) in [5.74, 6) is -2.62. The number of esters is 2. The number of carboxylic acid groups (broad SMARTS) is 1. The summed E-state index contributed by atoms with van der Waals surface area (Å²) in [6, 6.07) is 4.55. The van der Waals surface area contributed by atoms with Crippen LogP contribution in [0.4, 0.5) is 5.69 Å². The summed E-state index contributed by atoms with van der Waals surface area (Å²) in [7, 11) is 2.35. The first-order valence-electron chi connectivity index (χ1n) is 7.13. The Morgan fingerprint density at radius 1 is 1.12 bits per heavy atom. The van der Waals surface area contributed by atoms with Crippen molar-refractivity contribution in [3.05, 3.63) is 41.1 Å². The summed E-state index contributed by atoms with van der Waals surface area (Å²) in [5.41, 5.74) is 0.728. The monoisotopic (exact) mass is 335 g/mol. The van der Waals surface area contributed by atoms with E-state index in [1.165, 1.54) is 26.4 Å². The molecular weight excluding hydrogens is 314 g/mol. The Balaban J connectivity index is 3.42. The summed E-state index contributed by atoms with van der Waals surface area (Å²) in [6.07, 6.45) is 0.950. The molecule has 0 heterocycles. The normalized spacial score (nSPS) is 11.6. The number of benzene rings is 1. The van der Waals surface area contributed by atoms with Crippen molar-refractivity contribution in [3.63, 3.8) is 0 Å². The topological polar surface area (TPSA) is 102 Å². The molecule has 24 heavy (non-hydrogen) atoms. The highest BCUT2D eigenvalue weighted by Gasteiger charge is 2.22. The van der Waals surface area contributed by atoms with Gasteiger partial charge in [-0.3, -0.25) is 0 Å².